The first kappa shape index (κ1) is 25.8. The highest BCUT2D eigenvalue weighted by Gasteiger charge is 2.43. The monoisotopic (exact) mass is 627 g/mol. The standard InChI is InChI=1S/C45H29N3O/c1-2-12-28-27(11-1)29-16-10-23-46-22-7-5-17-37(46)35-25-34-31-15-9-14-30-32-20-21-41-42(33-13-3-4-19-40(33)49-41)45(32)48(44(30)31)39(34)26-36(35)43(29)47-24-8-6-18-38(28)47/h1-15,17-26,29,43H,16H2/q+2/b23-10+. The number of hydrogen-bond donors (Lipinski definition) is 0. The molecule has 0 aliphatic carbocycles. The number of hydrogen-bond acceptors (Lipinski definition) is 1. The number of fused-ring (bicyclic) bond motifs is 20. The van der Waals surface area contributed by atoms with E-state index in [2.05, 4.69) is 166 Å². The number of allylic oxidation sites excluding steroid dienone is 1. The average Bonchev–Trinajstić information content (AvgIpc) is 3.82. The van der Waals surface area contributed by atoms with E-state index in [1.54, 1.807) is 0 Å². The third-order valence-electron chi connectivity index (χ3n) is 11.3. The molecule has 0 N–H and O–H groups in total. The number of aromatic nitrogens is 3. The number of furan rings is 1. The van der Waals surface area contributed by atoms with E-state index in [0.717, 1.165) is 23.0 Å². The fourth-order valence-electron chi connectivity index (χ4n) is 9.39. The van der Waals surface area contributed by atoms with Gasteiger partial charge < -0.3 is 8.82 Å². The molecule has 4 nitrogen and oxygen atoms in total. The van der Waals surface area contributed by atoms with Crippen LogP contribution in [0.1, 0.15) is 29.5 Å². The molecule has 0 saturated carbocycles. The van der Waals surface area contributed by atoms with Gasteiger partial charge in [-0.25, -0.2) is 0 Å². The Morgan fingerprint density at radius 1 is 0.571 bits per heavy atom. The van der Waals surface area contributed by atoms with Crippen LogP contribution in [0, 0.1) is 0 Å². The van der Waals surface area contributed by atoms with Crippen molar-refractivity contribution in [3.05, 3.63) is 157 Å². The maximum Gasteiger partial charge on any atom is 0.218 e. The fraction of sp³-hybridized carbons (Fsp3) is 0.0667. The summed E-state index contributed by atoms with van der Waals surface area (Å²) in [5.74, 6) is 0.258. The molecule has 0 fully saturated rings. The molecule has 5 aromatic heterocycles. The second-order valence-electron chi connectivity index (χ2n) is 13.7. The molecule has 2 aliphatic rings. The lowest BCUT2D eigenvalue weighted by atomic mass is 9.77. The zero-order chi connectivity index (χ0) is 31.8. The molecule has 49 heavy (non-hydrogen) atoms. The minimum atomic E-state index is 0.0959. The molecule has 5 aromatic carbocycles. The van der Waals surface area contributed by atoms with Crippen molar-refractivity contribution in [1.29, 1.82) is 0 Å². The Balaban J connectivity index is 1.29. The van der Waals surface area contributed by atoms with Crippen LogP contribution in [0.2, 0.25) is 0 Å². The second kappa shape index (κ2) is 9.21. The summed E-state index contributed by atoms with van der Waals surface area (Å²) in [5.41, 5.74) is 13.4. The Bertz CT molecular complexity index is 3050. The third-order valence-corrected chi connectivity index (χ3v) is 11.3. The predicted octanol–water partition coefficient (Wildman–Crippen LogP) is 10.2. The van der Waals surface area contributed by atoms with Crippen molar-refractivity contribution in [2.24, 2.45) is 0 Å². The third kappa shape index (κ3) is 3.24. The largest absolute Gasteiger partial charge is 0.456 e. The van der Waals surface area contributed by atoms with Crippen molar-refractivity contribution in [2.75, 3.05) is 0 Å². The van der Waals surface area contributed by atoms with Gasteiger partial charge in [-0.2, -0.15) is 9.13 Å². The summed E-state index contributed by atoms with van der Waals surface area (Å²) in [7, 11) is 0. The van der Waals surface area contributed by atoms with Crippen LogP contribution in [0.4, 0.5) is 0 Å². The SMILES string of the molecule is C1=C/[n+]2ccccc2-c2cc3c4cccc5c6ccc7oc8ccccc8c7c6n(c3cc2C2C(C/1)c1ccccc1-c1cccc[n+]12)c45. The molecule has 2 aliphatic heterocycles. The molecule has 12 rings (SSSR count). The first-order chi connectivity index (χ1) is 24.3. The van der Waals surface area contributed by atoms with Crippen molar-refractivity contribution in [3.8, 4) is 22.5 Å². The lowest BCUT2D eigenvalue weighted by Crippen LogP contribution is -2.48. The number of rotatable bonds is 0. The van der Waals surface area contributed by atoms with Gasteiger partial charge in [-0.05, 0) is 66.6 Å². The highest BCUT2D eigenvalue weighted by atomic mass is 16.3. The van der Waals surface area contributed by atoms with Gasteiger partial charge in [0.25, 0.3) is 0 Å². The molecule has 10 aromatic rings. The van der Waals surface area contributed by atoms with E-state index in [4.69, 9.17) is 4.42 Å². The van der Waals surface area contributed by atoms with Crippen LogP contribution in [-0.2, 0) is 0 Å². The summed E-state index contributed by atoms with van der Waals surface area (Å²) in [5, 5.41) is 7.44. The van der Waals surface area contributed by atoms with Crippen molar-refractivity contribution in [1.82, 2.24) is 4.40 Å². The summed E-state index contributed by atoms with van der Waals surface area (Å²) >= 11 is 0. The second-order valence-corrected chi connectivity index (χ2v) is 13.7. The smallest absolute Gasteiger partial charge is 0.218 e. The van der Waals surface area contributed by atoms with Gasteiger partial charge in [-0.3, -0.25) is 0 Å². The van der Waals surface area contributed by atoms with Gasteiger partial charge in [0, 0.05) is 62.3 Å². The first-order valence-electron chi connectivity index (χ1n) is 17.2. The number of benzene rings is 5. The molecule has 228 valence electrons. The maximum absolute atomic E-state index is 6.45. The molecule has 2 unspecified atom stereocenters. The van der Waals surface area contributed by atoms with Crippen LogP contribution in [0.15, 0.2) is 150 Å². The van der Waals surface area contributed by atoms with Gasteiger partial charge in [0.2, 0.25) is 11.4 Å². The quantitative estimate of drug-likeness (QED) is 0.154. The minimum absolute atomic E-state index is 0.0959. The maximum atomic E-state index is 6.45. The average molecular weight is 628 g/mol. The van der Waals surface area contributed by atoms with Gasteiger partial charge in [0.05, 0.1) is 33.4 Å². The summed E-state index contributed by atoms with van der Waals surface area (Å²) in [6.45, 7) is 0. The summed E-state index contributed by atoms with van der Waals surface area (Å²) < 4.78 is 13.8. The van der Waals surface area contributed by atoms with E-state index >= 15 is 0 Å². The molecule has 0 radical (unpaired) electrons. The van der Waals surface area contributed by atoms with Crippen molar-refractivity contribution >= 4 is 66.2 Å². The molecule has 0 spiro atoms. The summed E-state index contributed by atoms with van der Waals surface area (Å²) in [6.07, 6.45) is 10.0. The van der Waals surface area contributed by atoms with E-state index in [9.17, 15) is 0 Å². The molecular weight excluding hydrogens is 599 g/mol. The van der Waals surface area contributed by atoms with E-state index in [1.165, 1.54) is 77.1 Å². The zero-order valence-corrected chi connectivity index (χ0v) is 26.5. The molecule has 7 heterocycles. The van der Waals surface area contributed by atoms with Gasteiger partial charge in [-0.1, -0.05) is 54.6 Å². The van der Waals surface area contributed by atoms with Crippen molar-refractivity contribution in [3.63, 3.8) is 0 Å². The normalized spacial score (nSPS) is 17.5. The lowest BCUT2D eigenvalue weighted by Gasteiger charge is -2.30. The van der Waals surface area contributed by atoms with E-state index in [-0.39, 0.29) is 12.0 Å². The van der Waals surface area contributed by atoms with Crippen LogP contribution in [0.5, 0.6) is 0 Å². The summed E-state index contributed by atoms with van der Waals surface area (Å²) in [4.78, 5) is 0. The fourth-order valence-corrected chi connectivity index (χ4v) is 9.39. The Morgan fingerprint density at radius 3 is 2.31 bits per heavy atom. The number of para-hydroxylation sites is 2. The highest BCUT2D eigenvalue weighted by Crippen LogP contribution is 2.49. The topological polar surface area (TPSA) is 25.3 Å². The van der Waals surface area contributed by atoms with Crippen molar-refractivity contribution < 1.29 is 13.6 Å². The minimum Gasteiger partial charge on any atom is -0.456 e. The van der Waals surface area contributed by atoms with Crippen LogP contribution in [-0.4, -0.2) is 4.40 Å². The molecule has 2 atom stereocenters. The van der Waals surface area contributed by atoms with Crippen LogP contribution in [0.3, 0.4) is 0 Å². The Labute approximate surface area is 281 Å². The van der Waals surface area contributed by atoms with Gasteiger partial charge in [0.1, 0.15) is 11.2 Å². The highest BCUT2D eigenvalue weighted by molar-refractivity contribution is 6.30. The molecular formula is C45H29N3O+2. The predicted molar refractivity (Wildman–Crippen MR) is 197 cm³/mol. The molecule has 0 saturated heterocycles. The number of nitrogens with zero attached hydrogens (tertiary/aromatic N) is 3. The Kier molecular flexibility index (Phi) is 4.85. The Morgan fingerprint density at radius 2 is 1.35 bits per heavy atom. The molecule has 0 amide bonds. The molecule has 0 bridgehead atoms. The van der Waals surface area contributed by atoms with E-state index in [1.807, 2.05) is 0 Å². The Hall–Kier alpha value is -6.26. The van der Waals surface area contributed by atoms with Crippen LogP contribution in [0.25, 0.3) is 88.7 Å². The first-order valence-corrected chi connectivity index (χ1v) is 17.2. The van der Waals surface area contributed by atoms with E-state index in [0.29, 0.717) is 0 Å². The van der Waals surface area contributed by atoms with Crippen LogP contribution >= 0.6 is 0 Å². The van der Waals surface area contributed by atoms with Crippen LogP contribution < -0.4 is 9.13 Å². The van der Waals surface area contributed by atoms with Gasteiger partial charge in [0.15, 0.2) is 24.6 Å². The lowest BCUT2D eigenvalue weighted by molar-refractivity contribution is -0.708. The number of pyridine rings is 2. The zero-order valence-electron chi connectivity index (χ0n) is 26.5. The summed E-state index contributed by atoms with van der Waals surface area (Å²) in [6, 6.07) is 47.0. The van der Waals surface area contributed by atoms with E-state index < -0.39 is 0 Å². The molecule has 4 heteroatoms. The van der Waals surface area contributed by atoms with Gasteiger partial charge >= 0.3 is 0 Å². The van der Waals surface area contributed by atoms with Crippen molar-refractivity contribution in [2.45, 2.75) is 18.4 Å². The van der Waals surface area contributed by atoms with Gasteiger partial charge in [-0.15, -0.1) is 0 Å².